The van der Waals surface area contributed by atoms with E-state index in [-0.39, 0.29) is 23.8 Å². The zero-order chi connectivity index (χ0) is 20.1. The molecule has 10 heteroatoms. The number of sulfonamides is 1. The summed E-state index contributed by atoms with van der Waals surface area (Å²) in [4.78, 5) is 15.0. The molecular weight excluding hydrogens is 468 g/mol. The van der Waals surface area contributed by atoms with E-state index in [9.17, 15) is 13.2 Å². The van der Waals surface area contributed by atoms with Crippen LogP contribution < -0.4 is 14.2 Å². The molecule has 0 bridgehead atoms. The van der Waals surface area contributed by atoms with E-state index in [1.807, 2.05) is 12.1 Å². The minimum Gasteiger partial charge on any atom is -0.490 e. The second-order valence-corrected chi connectivity index (χ2v) is 10.6. The van der Waals surface area contributed by atoms with E-state index in [4.69, 9.17) is 9.47 Å². The van der Waals surface area contributed by atoms with Crippen molar-refractivity contribution in [2.75, 3.05) is 26.8 Å². The van der Waals surface area contributed by atoms with E-state index in [2.05, 4.69) is 20.7 Å². The molecule has 1 aromatic carbocycles. The molecule has 2 heterocycles. The molecule has 0 saturated carbocycles. The number of benzene rings is 1. The number of carbonyl (C=O) groups is 1. The van der Waals surface area contributed by atoms with Crippen molar-refractivity contribution in [2.24, 2.45) is 0 Å². The van der Waals surface area contributed by atoms with Gasteiger partial charge in [0.05, 0.1) is 28.4 Å². The van der Waals surface area contributed by atoms with Crippen LogP contribution in [0, 0.1) is 0 Å². The van der Waals surface area contributed by atoms with Crippen molar-refractivity contribution >= 4 is 43.2 Å². The molecule has 1 aliphatic rings. The lowest BCUT2D eigenvalue weighted by Crippen LogP contribution is -2.31. The topological polar surface area (TPSA) is 84.9 Å². The molecule has 0 saturated heterocycles. The molecule has 0 unspecified atom stereocenters. The number of hydrogen-bond donors (Lipinski definition) is 1. The van der Waals surface area contributed by atoms with Crippen molar-refractivity contribution < 1.29 is 22.7 Å². The lowest BCUT2D eigenvalue weighted by molar-refractivity contribution is -0.130. The number of thiophene rings is 1. The van der Waals surface area contributed by atoms with Gasteiger partial charge in [-0.3, -0.25) is 4.79 Å². The average molecular weight is 489 g/mol. The highest BCUT2D eigenvalue weighted by Crippen LogP contribution is 2.31. The smallest absolute Gasteiger partial charge is 0.240 e. The number of rotatable bonds is 7. The lowest BCUT2D eigenvalue weighted by Gasteiger charge is -2.16. The number of amides is 1. The van der Waals surface area contributed by atoms with Crippen molar-refractivity contribution in [1.29, 1.82) is 0 Å². The molecule has 0 atom stereocenters. The first-order valence-electron chi connectivity index (χ1n) is 8.72. The fourth-order valence-corrected chi connectivity index (χ4v) is 5.22. The number of fused-ring (bicyclic) bond motifs is 1. The van der Waals surface area contributed by atoms with E-state index in [1.54, 1.807) is 29.4 Å². The maximum atomic E-state index is 12.5. The Kier molecular flexibility index (Phi) is 6.97. The van der Waals surface area contributed by atoms with Gasteiger partial charge >= 0.3 is 0 Å². The first-order chi connectivity index (χ1) is 13.3. The van der Waals surface area contributed by atoms with Crippen LogP contribution in [0.15, 0.2) is 39.0 Å². The molecule has 2 aromatic rings. The van der Waals surface area contributed by atoms with Crippen LogP contribution in [0.2, 0.25) is 0 Å². The van der Waals surface area contributed by atoms with Gasteiger partial charge in [0.25, 0.3) is 0 Å². The summed E-state index contributed by atoms with van der Waals surface area (Å²) >= 11 is 4.95. The van der Waals surface area contributed by atoms with Gasteiger partial charge in [-0.2, -0.15) is 0 Å². The Morgan fingerprint density at radius 3 is 2.68 bits per heavy atom. The summed E-state index contributed by atoms with van der Waals surface area (Å²) in [5.74, 6) is 0.817. The molecule has 0 fully saturated rings. The van der Waals surface area contributed by atoms with E-state index < -0.39 is 10.0 Å². The number of nitrogens with zero attached hydrogens (tertiary/aromatic N) is 1. The molecule has 1 amide bonds. The van der Waals surface area contributed by atoms with Gasteiger partial charge in [0.15, 0.2) is 11.5 Å². The summed E-state index contributed by atoms with van der Waals surface area (Å²) in [7, 11) is -2.04. The minimum atomic E-state index is -3.74. The highest BCUT2D eigenvalue weighted by Gasteiger charge is 2.19. The third-order valence-electron chi connectivity index (χ3n) is 4.11. The normalized spacial score (nSPS) is 13.8. The van der Waals surface area contributed by atoms with Gasteiger partial charge in [0.1, 0.15) is 0 Å². The summed E-state index contributed by atoms with van der Waals surface area (Å²) in [5, 5.41) is 0. The van der Waals surface area contributed by atoms with E-state index >= 15 is 0 Å². The van der Waals surface area contributed by atoms with Crippen LogP contribution in [0.25, 0.3) is 0 Å². The van der Waals surface area contributed by atoms with E-state index in [0.29, 0.717) is 31.3 Å². The predicted octanol–water partition coefficient (Wildman–Crippen LogP) is 3.00. The zero-order valence-corrected chi connectivity index (χ0v) is 18.5. The van der Waals surface area contributed by atoms with Gasteiger partial charge in [-0.15, -0.1) is 11.3 Å². The summed E-state index contributed by atoms with van der Waals surface area (Å²) in [6, 6.07) is 8.39. The van der Waals surface area contributed by atoms with Crippen molar-refractivity contribution in [2.45, 2.75) is 24.3 Å². The fourth-order valence-electron chi connectivity index (χ4n) is 2.64. The Balaban J connectivity index is 1.54. The van der Waals surface area contributed by atoms with E-state index in [1.165, 1.54) is 12.1 Å². The molecule has 3 rings (SSSR count). The fraction of sp³-hybridized carbons (Fsp3) is 0.389. The summed E-state index contributed by atoms with van der Waals surface area (Å²) in [6.07, 6.45) is 0.819. The average Bonchev–Trinajstić information content (AvgIpc) is 2.92. The molecule has 1 aromatic heterocycles. The largest absolute Gasteiger partial charge is 0.490 e. The highest BCUT2D eigenvalue weighted by molar-refractivity contribution is 9.11. The van der Waals surface area contributed by atoms with Gasteiger partial charge in [-0.1, -0.05) is 0 Å². The number of halogens is 1. The van der Waals surface area contributed by atoms with Crippen LogP contribution in [-0.4, -0.2) is 46.0 Å². The van der Waals surface area contributed by atoms with Crippen LogP contribution in [0.1, 0.15) is 17.7 Å². The minimum absolute atomic E-state index is 0.0219. The number of hydrogen-bond acceptors (Lipinski definition) is 6. The van der Waals surface area contributed by atoms with Crippen LogP contribution in [-0.2, 0) is 21.4 Å². The third-order valence-corrected chi connectivity index (χ3v) is 7.17. The van der Waals surface area contributed by atoms with Crippen LogP contribution in [0.4, 0.5) is 0 Å². The highest BCUT2D eigenvalue weighted by atomic mass is 79.9. The lowest BCUT2D eigenvalue weighted by atomic mass is 10.3. The second-order valence-electron chi connectivity index (χ2n) is 6.26. The molecule has 1 aliphatic heterocycles. The summed E-state index contributed by atoms with van der Waals surface area (Å²) in [5.41, 5.74) is 0. The monoisotopic (exact) mass is 488 g/mol. The van der Waals surface area contributed by atoms with Crippen LogP contribution in [0.3, 0.4) is 0 Å². The first kappa shape index (κ1) is 21.1. The van der Waals surface area contributed by atoms with Gasteiger partial charge in [0.2, 0.25) is 15.9 Å². The van der Waals surface area contributed by atoms with Gasteiger partial charge in [0, 0.05) is 37.4 Å². The Morgan fingerprint density at radius 1 is 1.21 bits per heavy atom. The zero-order valence-electron chi connectivity index (χ0n) is 15.3. The quantitative estimate of drug-likeness (QED) is 0.647. The SMILES string of the molecule is CN(Cc1ccc(Br)s1)C(=O)CCNS(=O)(=O)c1ccc2c(c1)OCCCO2. The third kappa shape index (κ3) is 5.47. The second kappa shape index (κ2) is 9.25. The van der Waals surface area contributed by atoms with Crippen LogP contribution in [0.5, 0.6) is 11.5 Å². The molecule has 28 heavy (non-hydrogen) atoms. The molecule has 1 N–H and O–H groups in total. The molecule has 0 spiro atoms. The molecular formula is C18H21BrN2O5S2. The van der Waals surface area contributed by atoms with Crippen LogP contribution >= 0.6 is 27.3 Å². The number of ether oxygens (including phenoxy) is 2. The van der Waals surface area contributed by atoms with Crippen molar-refractivity contribution in [1.82, 2.24) is 9.62 Å². The van der Waals surface area contributed by atoms with Crippen molar-refractivity contribution in [3.8, 4) is 11.5 Å². The Labute approximate surface area is 176 Å². The Morgan fingerprint density at radius 2 is 1.96 bits per heavy atom. The van der Waals surface area contributed by atoms with E-state index in [0.717, 1.165) is 15.1 Å². The molecule has 7 nitrogen and oxygen atoms in total. The maximum absolute atomic E-state index is 12.5. The van der Waals surface area contributed by atoms with Gasteiger partial charge < -0.3 is 14.4 Å². The Hall–Kier alpha value is -1.62. The van der Waals surface area contributed by atoms with Gasteiger partial charge in [-0.05, 0) is 40.2 Å². The number of nitrogens with one attached hydrogen (secondary N) is 1. The molecule has 0 aliphatic carbocycles. The summed E-state index contributed by atoms with van der Waals surface area (Å²) < 4.78 is 39.6. The molecule has 0 radical (unpaired) electrons. The molecule has 152 valence electrons. The maximum Gasteiger partial charge on any atom is 0.240 e. The summed E-state index contributed by atoms with van der Waals surface area (Å²) in [6.45, 7) is 1.53. The van der Waals surface area contributed by atoms with Crippen molar-refractivity contribution in [3.63, 3.8) is 0 Å². The Bertz CT molecular complexity index is 945. The predicted molar refractivity (Wildman–Crippen MR) is 110 cm³/mol. The van der Waals surface area contributed by atoms with Crippen molar-refractivity contribution in [3.05, 3.63) is 39.0 Å². The van der Waals surface area contributed by atoms with Gasteiger partial charge in [-0.25, -0.2) is 13.1 Å². The number of carbonyl (C=O) groups excluding carboxylic acids is 1. The first-order valence-corrected chi connectivity index (χ1v) is 11.8. The standard InChI is InChI=1S/C18H21BrN2O5S2/c1-21(12-13-3-6-17(19)27-13)18(22)7-8-20-28(23,24)14-4-5-15-16(11-14)26-10-2-9-25-15/h3-6,11,20H,2,7-10,12H2,1H3.